The van der Waals surface area contributed by atoms with Crippen molar-refractivity contribution in [2.24, 2.45) is 10.9 Å². The van der Waals surface area contributed by atoms with E-state index < -0.39 is 0 Å². The second-order valence-corrected chi connectivity index (χ2v) is 5.60. The smallest absolute Gasteiger partial charge is 0.193 e. The first-order chi connectivity index (χ1) is 8.79. The number of hydrogen-bond acceptors (Lipinski definition) is 2. The van der Waals surface area contributed by atoms with Crippen LogP contribution in [-0.2, 0) is 0 Å². The van der Waals surface area contributed by atoms with E-state index in [4.69, 9.17) is 4.99 Å². The van der Waals surface area contributed by atoms with Gasteiger partial charge in [-0.1, -0.05) is 6.92 Å². The minimum absolute atomic E-state index is 0. The molecule has 1 N–H and O–H groups in total. The van der Waals surface area contributed by atoms with Gasteiger partial charge < -0.3 is 15.1 Å². The molecule has 0 aromatic carbocycles. The van der Waals surface area contributed by atoms with Crippen molar-refractivity contribution < 1.29 is 0 Å². The molecule has 4 nitrogen and oxygen atoms in total. The lowest BCUT2D eigenvalue weighted by Crippen LogP contribution is -2.46. The zero-order valence-electron chi connectivity index (χ0n) is 12.4. The molecule has 112 valence electrons. The number of aliphatic imine (C=N–C) groups is 1. The standard InChI is InChI=1S/C14H28N4.HI/c1-3-15-14(16-7-12-17-8-4-9-17)18-10-5-13(2)6-11-18;/h13H,3-12H2,1-2H3,(H,15,16);1H. The molecule has 0 bridgehead atoms. The van der Waals surface area contributed by atoms with Gasteiger partial charge in [-0.25, -0.2) is 0 Å². The summed E-state index contributed by atoms with van der Waals surface area (Å²) < 4.78 is 0. The molecule has 0 aliphatic carbocycles. The average Bonchev–Trinajstić information content (AvgIpc) is 2.32. The Morgan fingerprint density at radius 2 is 1.89 bits per heavy atom. The van der Waals surface area contributed by atoms with Gasteiger partial charge in [0.05, 0.1) is 6.54 Å². The van der Waals surface area contributed by atoms with Gasteiger partial charge in [-0.15, -0.1) is 24.0 Å². The highest BCUT2D eigenvalue weighted by molar-refractivity contribution is 14.0. The van der Waals surface area contributed by atoms with Crippen molar-refractivity contribution in [3.8, 4) is 0 Å². The molecule has 0 saturated carbocycles. The van der Waals surface area contributed by atoms with Crippen LogP contribution in [0.15, 0.2) is 4.99 Å². The third-order valence-corrected chi connectivity index (χ3v) is 4.04. The van der Waals surface area contributed by atoms with Crippen LogP contribution < -0.4 is 5.32 Å². The summed E-state index contributed by atoms with van der Waals surface area (Å²) in [4.78, 5) is 9.68. The van der Waals surface area contributed by atoms with E-state index in [1.165, 1.54) is 32.4 Å². The lowest BCUT2D eigenvalue weighted by molar-refractivity contribution is 0.187. The maximum absolute atomic E-state index is 4.77. The predicted molar refractivity (Wildman–Crippen MR) is 92.4 cm³/mol. The molecule has 19 heavy (non-hydrogen) atoms. The van der Waals surface area contributed by atoms with Crippen LogP contribution in [-0.4, -0.2) is 61.6 Å². The lowest BCUT2D eigenvalue weighted by Gasteiger charge is -2.33. The summed E-state index contributed by atoms with van der Waals surface area (Å²) >= 11 is 0. The van der Waals surface area contributed by atoms with Crippen LogP contribution in [0.1, 0.15) is 33.1 Å². The molecule has 5 heteroatoms. The molecule has 0 radical (unpaired) electrons. The number of piperidine rings is 1. The summed E-state index contributed by atoms with van der Waals surface area (Å²) in [6.07, 6.45) is 3.97. The first-order valence-corrected chi connectivity index (χ1v) is 7.55. The second kappa shape index (κ2) is 9.00. The highest BCUT2D eigenvalue weighted by atomic mass is 127. The van der Waals surface area contributed by atoms with Gasteiger partial charge in [0.15, 0.2) is 5.96 Å². The number of rotatable bonds is 4. The minimum Gasteiger partial charge on any atom is -0.357 e. The summed E-state index contributed by atoms with van der Waals surface area (Å²) in [5.74, 6) is 2.01. The summed E-state index contributed by atoms with van der Waals surface area (Å²) in [6, 6.07) is 0. The molecule has 2 saturated heterocycles. The maximum atomic E-state index is 4.77. The van der Waals surface area contributed by atoms with E-state index >= 15 is 0 Å². The first kappa shape index (κ1) is 17.0. The van der Waals surface area contributed by atoms with Crippen molar-refractivity contribution in [1.29, 1.82) is 0 Å². The SMILES string of the molecule is CCNC(=NCCN1CCC1)N1CCC(C)CC1.I. The normalized spacial score (nSPS) is 21.8. The van der Waals surface area contributed by atoms with Crippen LogP contribution in [0.4, 0.5) is 0 Å². The molecule has 0 atom stereocenters. The zero-order valence-corrected chi connectivity index (χ0v) is 14.7. The Kier molecular flexibility index (Phi) is 8.06. The molecule has 2 aliphatic rings. The number of halogens is 1. The first-order valence-electron chi connectivity index (χ1n) is 7.55. The van der Waals surface area contributed by atoms with E-state index in [9.17, 15) is 0 Å². The van der Waals surface area contributed by atoms with Gasteiger partial charge in [-0.2, -0.15) is 0 Å². The molecule has 2 fully saturated rings. The predicted octanol–water partition coefficient (Wildman–Crippen LogP) is 2.01. The highest BCUT2D eigenvalue weighted by Crippen LogP contribution is 2.15. The van der Waals surface area contributed by atoms with Crippen molar-refractivity contribution in [2.45, 2.75) is 33.1 Å². The van der Waals surface area contributed by atoms with Gasteiger partial charge in [0.25, 0.3) is 0 Å². The minimum atomic E-state index is 0. The molecule has 0 spiro atoms. The third kappa shape index (κ3) is 5.45. The van der Waals surface area contributed by atoms with Gasteiger partial charge in [0, 0.05) is 26.2 Å². The maximum Gasteiger partial charge on any atom is 0.193 e. The molecule has 0 unspecified atom stereocenters. The number of hydrogen-bond donors (Lipinski definition) is 1. The third-order valence-electron chi connectivity index (χ3n) is 4.04. The Morgan fingerprint density at radius 1 is 1.21 bits per heavy atom. The molecule has 0 aromatic rings. The summed E-state index contributed by atoms with van der Waals surface area (Å²) in [5.41, 5.74) is 0. The van der Waals surface area contributed by atoms with E-state index in [0.717, 1.165) is 44.6 Å². The van der Waals surface area contributed by atoms with Gasteiger partial charge in [0.2, 0.25) is 0 Å². The quantitative estimate of drug-likeness (QED) is 0.460. The highest BCUT2D eigenvalue weighted by Gasteiger charge is 2.18. The van der Waals surface area contributed by atoms with E-state index in [0.29, 0.717) is 0 Å². The Bertz CT molecular complexity index is 271. The van der Waals surface area contributed by atoms with E-state index in [-0.39, 0.29) is 24.0 Å². The van der Waals surface area contributed by atoms with Gasteiger partial charge in [0.1, 0.15) is 0 Å². The summed E-state index contributed by atoms with van der Waals surface area (Å²) in [7, 11) is 0. The summed E-state index contributed by atoms with van der Waals surface area (Å²) in [6.45, 7) is 12.4. The molecule has 0 amide bonds. The van der Waals surface area contributed by atoms with Crippen LogP contribution >= 0.6 is 24.0 Å². The van der Waals surface area contributed by atoms with Crippen molar-refractivity contribution in [3.05, 3.63) is 0 Å². The number of likely N-dealkylation sites (tertiary alicyclic amines) is 2. The largest absolute Gasteiger partial charge is 0.357 e. The fraction of sp³-hybridized carbons (Fsp3) is 0.929. The molecule has 2 rings (SSSR count). The van der Waals surface area contributed by atoms with Gasteiger partial charge in [-0.05, 0) is 45.2 Å². The Labute approximate surface area is 135 Å². The van der Waals surface area contributed by atoms with Crippen LogP contribution in [0, 0.1) is 5.92 Å². The van der Waals surface area contributed by atoms with Crippen LogP contribution in [0.3, 0.4) is 0 Å². The Hall–Kier alpha value is -0.0400. The number of nitrogens with zero attached hydrogens (tertiary/aromatic N) is 3. The van der Waals surface area contributed by atoms with Crippen LogP contribution in [0.25, 0.3) is 0 Å². The summed E-state index contributed by atoms with van der Waals surface area (Å²) in [5, 5.41) is 3.43. The van der Waals surface area contributed by atoms with Crippen molar-refractivity contribution in [2.75, 3.05) is 45.8 Å². The fourth-order valence-electron chi connectivity index (χ4n) is 2.55. The van der Waals surface area contributed by atoms with Crippen LogP contribution in [0.5, 0.6) is 0 Å². The van der Waals surface area contributed by atoms with Crippen molar-refractivity contribution >= 4 is 29.9 Å². The van der Waals surface area contributed by atoms with Crippen molar-refractivity contribution in [3.63, 3.8) is 0 Å². The van der Waals surface area contributed by atoms with Crippen molar-refractivity contribution in [1.82, 2.24) is 15.1 Å². The fourth-order valence-corrected chi connectivity index (χ4v) is 2.55. The van der Waals surface area contributed by atoms with Gasteiger partial charge in [-0.3, -0.25) is 4.99 Å². The molecule has 2 heterocycles. The Morgan fingerprint density at radius 3 is 2.42 bits per heavy atom. The molecular formula is C14H29IN4. The van der Waals surface area contributed by atoms with Gasteiger partial charge >= 0.3 is 0 Å². The zero-order chi connectivity index (χ0) is 12.8. The van der Waals surface area contributed by atoms with E-state index in [2.05, 4.69) is 29.0 Å². The number of guanidine groups is 1. The molecule has 2 aliphatic heterocycles. The molecule has 0 aromatic heterocycles. The van der Waals surface area contributed by atoms with E-state index in [1.807, 2.05) is 0 Å². The molecular weight excluding hydrogens is 351 g/mol. The lowest BCUT2D eigenvalue weighted by atomic mass is 10.00. The van der Waals surface area contributed by atoms with E-state index in [1.54, 1.807) is 0 Å². The topological polar surface area (TPSA) is 30.9 Å². The second-order valence-electron chi connectivity index (χ2n) is 5.60. The average molecular weight is 380 g/mol. The van der Waals surface area contributed by atoms with Crippen LogP contribution in [0.2, 0.25) is 0 Å². The number of nitrogens with one attached hydrogen (secondary N) is 1. The Balaban J connectivity index is 0.00000180. The monoisotopic (exact) mass is 380 g/mol.